The number of hydrogen-bond donors (Lipinski definition) is 0. The third kappa shape index (κ3) is 3.81. The molecular weight excluding hydrogens is 344 g/mol. The molecule has 3 rings (SSSR count). The van der Waals surface area contributed by atoms with E-state index in [0.717, 1.165) is 25.6 Å². The number of anilines is 1. The first-order valence-electron chi connectivity index (χ1n) is 8.06. The van der Waals surface area contributed by atoms with Crippen molar-refractivity contribution in [3.8, 4) is 0 Å². The minimum absolute atomic E-state index is 0.228. The second-order valence-electron chi connectivity index (χ2n) is 6.31. The Morgan fingerprint density at radius 1 is 1.28 bits per heavy atom. The highest BCUT2D eigenvalue weighted by atomic mass is 32.2. The van der Waals surface area contributed by atoms with Gasteiger partial charge in [0.1, 0.15) is 10.6 Å². The number of hydrogen-bond acceptors (Lipinski definition) is 6. The monoisotopic (exact) mass is 364 g/mol. The van der Waals surface area contributed by atoms with Crippen LogP contribution in [0.1, 0.15) is 12.8 Å². The van der Waals surface area contributed by atoms with E-state index in [1.54, 1.807) is 18.3 Å². The van der Waals surface area contributed by atoms with E-state index in [9.17, 15) is 18.5 Å². The lowest BCUT2D eigenvalue weighted by Crippen LogP contribution is -2.35. The summed E-state index contributed by atoms with van der Waals surface area (Å²) in [6.45, 7) is 2.13. The molecule has 1 aliphatic rings. The summed E-state index contributed by atoms with van der Waals surface area (Å²) in [5.41, 5.74) is 0.0565. The van der Waals surface area contributed by atoms with Gasteiger partial charge in [0.15, 0.2) is 9.84 Å². The molecule has 0 unspecified atom stereocenters. The summed E-state index contributed by atoms with van der Waals surface area (Å²) in [6.07, 6.45) is 6.41. The van der Waals surface area contributed by atoms with Gasteiger partial charge in [-0.05, 0) is 37.0 Å². The van der Waals surface area contributed by atoms with Gasteiger partial charge in [-0.2, -0.15) is 5.10 Å². The second-order valence-corrected chi connectivity index (χ2v) is 8.30. The first-order valence-corrected chi connectivity index (χ1v) is 9.95. The van der Waals surface area contributed by atoms with Crippen LogP contribution in [-0.4, -0.2) is 42.5 Å². The van der Waals surface area contributed by atoms with E-state index in [1.807, 2.05) is 21.8 Å². The van der Waals surface area contributed by atoms with Gasteiger partial charge in [0.2, 0.25) is 0 Å². The largest absolute Gasteiger partial charge is 0.366 e. The van der Waals surface area contributed by atoms with Crippen molar-refractivity contribution in [3.05, 3.63) is 46.8 Å². The highest BCUT2D eigenvalue weighted by Crippen LogP contribution is 2.36. The maximum Gasteiger partial charge on any atom is 0.311 e. The number of nitrogens with zero attached hydrogens (tertiary/aromatic N) is 4. The fourth-order valence-electron chi connectivity index (χ4n) is 3.28. The minimum atomic E-state index is -3.66. The van der Waals surface area contributed by atoms with Gasteiger partial charge in [-0.1, -0.05) is 6.07 Å². The Balaban J connectivity index is 1.80. The van der Waals surface area contributed by atoms with Gasteiger partial charge in [-0.15, -0.1) is 0 Å². The summed E-state index contributed by atoms with van der Waals surface area (Å²) in [5.74, 6) is 0.452. The second kappa shape index (κ2) is 6.83. The van der Waals surface area contributed by atoms with E-state index in [4.69, 9.17) is 0 Å². The van der Waals surface area contributed by atoms with E-state index in [2.05, 4.69) is 5.10 Å². The van der Waals surface area contributed by atoms with Gasteiger partial charge in [-0.25, -0.2) is 8.42 Å². The summed E-state index contributed by atoms with van der Waals surface area (Å²) >= 11 is 0. The number of nitro groups is 1. The molecule has 8 nitrogen and oxygen atoms in total. The number of benzene rings is 1. The van der Waals surface area contributed by atoms with Crippen LogP contribution in [0.3, 0.4) is 0 Å². The van der Waals surface area contributed by atoms with Gasteiger partial charge in [0.05, 0.1) is 4.92 Å². The molecular formula is C16H20N4O4S. The molecule has 134 valence electrons. The van der Waals surface area contributed by atoms with Crippen molar-refractivity contribution in [1.29, 1.82) is 0 Å². The summed E-state index contributed by atoms with van der Waals surface area (Å²) in [4.78, 5) is 12.6. The molecule has 1 saturated heterocycles. The van der Waals surface area contributed by atoms with Crippen LogP contribution in [0.25, 0.3) is 0 Å². The molecule has 2 heterocycles. The SMILES string of the molecule is CS(=O)(=O)c1cccc(N2CCC(Cn3cccn3)CC2)c1[N+](=O)[O-]. The Morgan fingerprint density at radius 3 is 2.56 bits per heavy atom. The van der Waals surface area contributed by atoms with Crippen LogP contribution in [0.5, 0.6) is 0 Å². The van der Waals surface area contributed by atoms with E-state index in [-0.39, 0.29) is 10.6 Å². The van der Waals surface area contributed by atoms with Crippen molar-refractivity contribution in [3.63, 3.8) is 0 Å². The molecule has 25 heavy (non-hydrogen) atoms. The molecule has 0 atom stereocenters. The van der Waals surface area contributed by atoms with Gasteiger partial charge in [0, 0.05) is 38.3 Å². The van der Waals surface area contributed by atoms with Crippen molar-refractivity contribution >= 4 is 21.2 Å². The zero-order chi connectivity index (χ0) is 18.0. The number of aromatic nitrogens is 2. The number of sulfone groups is 1. The highest BCUT2D eigenvalue weighted by molar-refractivity contribution is 7.90. The number of piperidine rings is 1. The third-order valence-electron chi connectivity index (χ3n) is 4.52. The Bertz CT molecular complexity index is 856. The zero-order valence-electron chi connectivity index (χ0n) is 13.9. The first kappa shape index (κ1) is 17.4. The Labute approximate surface area is 146 Å². The van der Waals surface area contributed by atoms with Crippen molar-refractivity contribution < 1.29 is 13.3 Å². The average molecular weight is 364 g/mol. The van der Waals surface area contributed by atoms with Crippen molar-refractivity contribution in [2.24, 2.45) is 5.92 Å². The Hall–Kier alpha value is -2.42. The van der Waals surface area contributed by atoms with Crippen LogP contribution in [0, 0.1) is 16.0 Å². The Kier molecular flexibility index (Phi) is 4.76. The number of rotatable bonds is 5. The molecule has 0 amide bonds. The minimum Gasteiger partial charge on any atom is -0.366 e. The van der Waals surface area contributed by atoms with E-state index >= 15 is 0 Å². The predicted molar refractivity (Wildman–Crippen MR) is 93.4 cm³/mol. The lowest BCUT2D eigenvalue weighted by Gasteiger charge is -2.33. The Morgan fingerprint density at radius 2 is 2.00 bits per heavy atom. The van der Waals surface area contributed by atoms with Gasteiger partial charge in [-0.3, -0.25) is 14.8 Å². The van der Waals surface area contributed by atoms with E-state index in [0.29, 0.717) is 24.7 Å². The molecule has 0 bridgehead atoms. The van der Waals surface area contributed by atoms with Gasteiger partial charge in [0.25, 0.3) is 0 Å². The molecule has 2 aromatic rings. The zero-order valence-corrected chi connectivity index (χ0v) is 14.7. The first-order chi connectivity index (χ1) is 11.9. The number of para-hydroxylation sites is 1. The van der Waals surface area contributed by atoms with Crippen LogP contribution in [0.2, 0.25) is 0 Å². The molecule has 1 aliphatic heterocycles. The van der Waals surface area contributed by atoms with Gasteiger partial charge >= 0.3 is 5.69 Å². The average Bonchev–Trinajstić information content (AvgIpc) is 3.07. The smallest absolute Gasteiger partial charge is 0.311 e. The molecule has 0 N–H and O–H groups in total. The van der Waals surface area contributed by atoms with Crippen LogP contribution in [0.4, 0.5) is 11.4 Å². The molecule has 0 saturated carbocycles. The summed E-state index contributed by atoms with van der Waals surface area (Å²) in [7, 11) is -3.66. The fourth-order valence-corrected chi connectivity index (χ4v) is 4.13. The third-order valence-corrected chi connectivity index (χ3v) is 5.65. The summed E-state index contributed by atoms with van der Waals surface area (Å²) < 4.78 is 25.7. The normalized spacial score (nSPS) is 16.1. The summed E-state index contributed by atoms with van der Waals surface area (Å²) in [5, 5.41) is 15.7. The van der Waals surface area contributed by atoms with Crippen LogP contribution in [0.15, 0.2) is 41.6 Å². The molecule has 0 radical (unpaired) electrons. The molecule has 9 heteroatoms. The standard InChI is InChI=1S/C16H20N4O4S/c1-25(23,24)15-5-2-4-14(16(15)20(21)22)18-10-6-13(7-11-18)12-19-9-3-8-17-19/h2-5,8-9,13H,6-7,10-12H2,1H3. The van der Waals surface area contributed by atoms with Crippen LogP contribution in [-0.2, 0) is 16.4 Å². The molecule has 1 aromatic carbocycles. The molecule has 0 aliphatic carbocycles. The maximum atomic E-state index is 11.9. The quantitative estimate of drug-likeness (QED) is 0.595. The predicted octanol–water partition coefficient (Wildman–Crippen LogP) is 2.11. The van der Waals surface area contributed by atoms with Crippen molar-refractivity contribution in [1.82, 2.24) is 9.78 Å². The van der Waals surface area contributed by atoms with E-state index in [1.165, 1.54) is 6.07 Å². The molecule has 0 spiro atoms. The number of nitro benzene ring substituents is 1. The van der Waals surface area contributed by atoms with E-state index < -0.39 is 14.8 Å². The van der Waals surface area contributed by atoms with Crippen LogP contribution < -0.4 is 4.90 Å². The fraction of sp³-hybridized carbons (Fsp3) is 0.438. The highest BCUT2D eigenvalue weighted by Gasteiger charge is 2.30. The van der Waals surface area contributed by atoms with Crippen molar-refractivity contribution in [2.75, 3.05) is 24.2 Å². The molecule has 1 aromatic heterocycles. The molecule has 1 fully saturated rings. The lowest BCUT2D eigenvalue weighted by molar-refractivity contribution is -0.387. The van der Waals surface area contributed by atoms with Crippen LogP contribution >= 0.6 is 0 Å². The lowest BCUT2D eigenvalue weighted by atomic mass is 9.96. The maximum absolute atomic E-state index is 11.9. The van der Waals surface area contributed by atoms with Gasteiger partial charge < -0.3 is 4.90 Å². The van der Waals surface area contributed by atoms with Crippen molar-refractivity contribution in [2.45, 2.75) is 24.3 Å². The topological polar surface area (TPSA) is 98.3 Å². The summed E-state index contributed by atoms with van der Waals surface area (Å²) in [6, 6.07) is 6.37.